The van der Waals surface area contributed by atoms with Crippen LogP contribution in [0.4, 0.5) is 0 Å². The average molecular weight is 371 g/mol. The van der Waals surface area contributed by atoms with E-state index in [9.17, 15) is 0 Å². The molecule has 1 rings (SSSR count). The fourth-order valence-electron chi connectivity index (χ4n) is 3.86. The Bertz CT molecular complexity index is 580. The first-order valence-electron chi connectivity index (χ1n) is 11.0. The maximum atomic E-state index is 3.99. The van der Waals surface area contributed by atoms with Gasteiger partial charge in [0, 0.05) is 0 Å². The van der Waals surface area contributed by atoms with E-state index >= 15 is 0 Å². The van der Waals surface area contributed by atoms with Crippen LogP contribution in [0.3, 0.4) is 0 Å². The second-order valence-corrected chi connectivity index (χ2v) is 8.76. The molecule has 0 radical (unpaired) electrons. The van der Waals surface area contributed by atoms with Gasteiger partial charge in [-0.2, -0.15) is 0 Å². The Kier molecular flexibility index (Phi) is 12.4. The monoisotopic (exact) mass is 370 g/mol. The van der Waals surface area contributed by atoms with Crippen LogP contribution in [0, 0.1) is 12.8 Å². The van der Waals surface area contributed by atoms with Crippen LogP contribution < -0.4 is 0 Å². The average Bonchev–Trinajstić information content (AvgIpc) is 2.61. The van der Waals surface area contributed by atoms with E-state index in [0.29, 0.717) is 0 Å². The summed E-state index contributed by atoms with van der Waals surface area (Å²) in [6.07, 6.45) is 9.88. The summed E-state index contributed by atoms with van der Waals surface area (Å²) in [5.41, 5.74) is 7.27. The number of allylic oxidation sites excluding steroid dienone is 3. The third kappa shape index (κ3) is 8.96. The highest BCUT2D eigenvalue weighted by atomic mass is 14.3. The third-order valence-electron chi connectivity index (χ3n) is 5.70. The van der Waals surface area contributed by atoms with E-state index < -0.39 is 0 Å². The van der Waals surface area contributed by atoms with Gasteiger partial charge in [0.05, 0.1) is 0 Å². The zero-order chi connectivity index (χ0) is 21.0. The second-order valence-electron chi connectivity index (χ2n) is 8.76. The molecule has 0 aliphatic carbocycles. The molecule has 0 bridgehead atoms. The lowest BCUT2D eigenvalue weighted by Crippen LogP contribution is -2.18. The number of hydrogen-bond acceptors (Lipinski definition) is 0. The Morgan fingerprint density at radius 2 is 1.59 bits per heavy atom. The van der Waals surface area contributed by atoms with Crippen LogP contribution in [0.25, 0.3) is 5.57 Å². The molecule has 0 aliphatic rings. The Balaban J connectivity index is 0.000000580. The number of benzene rings is 1. The van der Waals surface area contributed by atoms with Crippen molar-refractivity contribution in [2.75, 3.05) is 0 Å². The van der Waals surface area contributed by atoms with Crippen LogP contribution >= 0.6 is 0 Å². The predicted molar refractivity (Wildman–Crippen MR) is 127 cm³/mol. The Hall–Kier alpha value is -1.30. The lowest BCUT2D eigenvalue weighted by Gasteiger charge is -2.27. The number of aryl methyl sites for hydroxylation is 1. The smallest absolute Gasteiger partial charge is 0.0101 e. The van der Waals surface area contributed by atoms with Crippen molar-refractivity contribution in [3.8, 4) is 0 Å². The summed E-state index contributed by atoms with van der Waals surface area (Å²) in [5, 5.41) is 0. The molecule has 0 atom stereocenters. The minimum atomic E-state index is 0.281. The largest absolute Gasteiger partial charge is 0.0999 e. The molecular weight excluding hydrogens is 324 g/mol. The molecular formula is C27H46. The summed E-state index contributed by atoms with van der Waals surface area (Å²) in [6, 6.07) is 6.87. The lowest BCUT2D eigenvalue weighted by atomic mass is 9.77. The van der Waals surface area contributed by atoms with E-state index in [-0.39, 0.29) is 5.41 Å². The minimum Gasteiger partial charge on any atom is -0.0999 e. The van der Waals surface area contributed by atoms with Crippen LogP contribution in [0.2, 0.25) is 0 Å². The van der Waals surface area contributed by atoms with Crippen molar-refractivity contribution in [2.45, 2.75) is 106 Å². The normalized spacial score (nSPS) is 12.0. The van der Waals surface area contributed by atoms with Gasteiger partial charge < -0.3 is 0 Å². The van der Waals surface area contributed by atoms with Crippen molar-refractivity contribution in [3.05, 3.63) is 53.1 Å². The van der Waals surface area contributed by atoms with Gasteiger partial charge in [-0.1, -0.05) is 90.3 Å². The molecule has 0 unspecified atom stereocenters. The molecule has 0 heteroatoms. The Morgan fingerprint density at radius 1 is 1.04 bits per heavy atom. The highest BCUT2D eigenvalue weighted by molar-refractivity contribution is 5.64. The van der Waals surface area contributed by atoms with Crippen LogP contribution in [0.5, 0.6) is 0 Å². The van der Waals surface area contributed by atoms with Crippen molar-refractivity contribution < 1.29 is 0 Å². The van der Waals surface area contributed by atoms with E-state index in [4.69, 9.17) is 0 Å². The second kappa shape index (κ2) is 13.0. The summed E-state index contributed by atoms with van der Waals surface area (Å²) in [5.74, 6) is 0.787. The van der Waals surface area contributed by atoms with Gasteiger partial charge in [0.2, 0.25) is 0 Å². The summed E-state index contributed by atoms with van der Waals surface area (Å²) in [7, 11) is 0. The Labute approximate surface area is 171 Å². The first-order valence-corrected chi connectivity index (χ1v) is 11.0. The van der Waals surface area contributed by atoms with Crippen molar-refractivity contribution >= 4 is 5.57 Å². The SMILES string of the molecule is C/C=C(\C)c1ccc(C)c(C(C)(C)CCC)c1.C=C(C)C(CCC)CCC. The molecule has 0 spiro atoms. The minimum absolute atomic E-state index is 0.281. The standard InChI is InChI=1S/C17H26.C10H20/c1-7-11-17(5,6)16-12-15(13(3)8-2)10-9-14(16)4;1-5-7-10(8-6-2)9(3)4/h8-10,12H,7,11H2,1-6H3;10H,3,5-8H2,1-2,4H3/b13-8+;. The van der Waals surface area contributed by atoms with Gasteiger partial charge in [0.1, 0.15) is 0 Å². The lowest BCUT2D eigenvalue weighted by molar-refractivity contribution is 0.470. The molecule has 0 N–H and O–H groups in total. The molecule has 0 aromatic heterocycles. The molecule has 27 heavy (non-hydrogen) atoms. The van der Waals surface area contributed by atoms with Crippen LogP contribution in [-0.4, -0.2) is 0 Å². The predicted octanol–water partition coefficient (Wildman–Crippen LogP) is 9.27. The van der Waals surface area contributed by atoms with E-state index in [0.717, 1.165) is 5.92 Å². The van der Waals surface area contributed by atoms with Gasteiger partial charge in [-0.15, -0.1) is 0 Å². The van der Waals surface area contributed by atoms with Crippen molar-refractivity contribution in [2.24, 2.45) is 5.92 Å². The Morgan fingerprint density at radius 3 is 2.00 bits per heavy atom. The first kappa shape index (κ1) is 25.7. The molecule has 1 aromatic carbocycles. The van der Waals surface area contributed by atoms with E-state index in [1.165, 1.54) is 66.4 Å². The van der Waals surface area contributed by atoms with Gasteiger partial charge in [-0.05, 0) is 80.6 Å². The van der Waals surface area contributed by atoms with E-state index in [1.807, 2.05) is 0 Å². The summed E-state index contributed by atoms with van der Waals surface area (Å²) >= 11 is 0. The zero-order valence-electron chi connectivity index (χ0n) is 19.8. The van der Waals surface area contributed by atoms with Crippen molar-refractivity contribution in [3.63, 3.8) is 0 Å². The summed E-state index contributed by atoms with van der Waals surface area (Å²) in [6.45, 7) is 24.1. The van der Waals surface area contributed by atoms with E-state index in [2.05, 4.69) is 93.2 Å². The fourth-order valence-corrected chi connectivity index (χ4v) is 3.86. The number of hydrogen-bond donors (Lipinski definition) is 0. The topological polar surface area (TPSA) is 0 Å². The maximum Gasteiger partial charge on any atom is -0.0101 e. The van der Waals surface area contributed by atoms with Crippen LogP contribution in [-0.2, 0) is 5.41 Å². The van der Waals surface area contributed by atoms with Crippen molar-refractivity contribution in [1.29, 1.82) is 0 Å². The highest BCUT2D eigenvalue weighted by Crippen LogP contribution is 2.32. The van der Waals surface area contributed by atoms with Gasteiger partial charge in [0.15, 0.2) is 0 Å². The van der Waals surface area contributed by atoms with Crippen LogP contribution in [0.15, 0.2) is 36.4 Å². The summed E-state index contributed by atoms with van der Waals surface area (Å²) in [4.78, 5) is 0. The van der Waals surface area contributed by atoms with Crippen molar-refractivity contribution in [1.82, 2.24) is 0 Å². The van der Waals surface area contributed by atoms with Gasteiger partial charge in [-0.3, -0.25) is 0 Å². The van der Waals surface area contributed by atoms with E-state index in [1.54, 1.807) is 0 Å². The molecule has 154 valence electrons. The van der Waals surface area contributed by atoms with Crippen LogP contribution in [0.1, 0.15) is 111 Å². The quantitative estimate of drug-likeness (QED) is 0.380. The van der Waals surface area contributed by atoms with Gasteiger partial charge >= 0.3 is 0 Å². The molecule has 0 fully saturated rings. The highest BCUT2D eigenvalue weighted by Gasteiger charge is 2.21. The fraction of sp³-hybridized carbons (Fsp3) is 0.630. The maximum absolute atomic E-state index is 3.99. The molecule has 0 saturated heterocycles. The first-order chi connectivity index (χ1) is 12.6. The zero-order valence-corrected chi connectivity index (χ0v) is 19.8. The van der Waals surface area contributed by atoms with Gasteiger partial charge in [0.25, 0.3) is 0 Å². The molecule has 0 saturated carbocycles. The molecule has 0 amide bonds. The van der Waals surface area contributed by atoms with Gasteiger partial charge in [-0.25, -0.2) is 0 Å². The third-order valence-corrected chi connectivity index (χ3v) is 5.70. The molecule has 1 aromatic rings. The summed E-state index contributed by atoms with van der Waals surface area (Å²) < 4.78 is 0. The molecule has 0 aliphatic heterocycles. The molecule has 0 heterocycles. The molecule has 0 nitrogen and oxygen atoms in total. The number of rotatable bonds is 9.